The van der Waals surface area contributed by atoms with Crippen molar-refractivity contribution in [3.63, 3.8) is 0 Å². The Morgan fingerprint density at radius 3 is 2.29 bits per heavy atom. The average Bonchev–Trinajstić information content (AvgIpc) is 2.54. The van der Waals surface area contributed by atoms with E-state index in [0.29, 0.717) is 22.3 Å². The zero-order valence-corrected chi connectivity index (χ0v) is 15.0. The van der Waals surface area contributed by atoms with Gasteiger partial charge in [-0.25, -0.2) is 0 Å². The van der Waals surface area contributed by atoms with Crippen LogP contribution < -0.4 is 14.8 Å². The lowest BCUT2D eigenvalue weighted by Gasteiger charge is -2.15. The topological polar surface area (TPSA) is 47.6 Å². The van der Waals surface area contributed by atoms with Gasteiger partial charge in [0.15, 0.2) is 6.10 Å². The fourth-order valence-corrected chi connectivity index (χ4v) is 2.63. The largest absolute Gasteiger partial charge is 0.497 e. The van der Waals surface area contributed by atoms with E-state index >= 15 is 0 Å². The van der Waals surface area contributed by atoms with Crippen molar-refractivity contribution >= 4 is 29.1 Å². The lowest BCUT2D eigenvalue weighted by molar-refractivity contribution is -0.127. The van der Waals surface area contributed by atoms with Crippen molar-refractivity contribution in [2.75, 3.05) is 13.7 Å². The lowest BCUT2D eigenvalue weighted by atomic mass is 10.1. The summed E-state index contributed by atoms with van der Waals surface area (Å²) in [5.74, 6) is 1.08. The zero-order chi connectivity index (χ0) is 17.5. The number of halogens is 2. The third-order valence-corrected chi connectivity index (χ3v) is 3.83. The molecule has 1 N–H and O–H groups in total. The number of nitrogens with one attached hydrogen (secondary N) is 1. The summed E-state index contributed by atoms with van der Waals surface area (Å²) in [5, 5.41) is 3.77. The van der Waals surface area contributed by atoms with E-state index in [0.717, 1.165) is 17.7 Å². The normalized spacial score (nSPS) is 11.7. The van der Waals surface area contributed by atoms with Gasteiger partial charge in [-0.1, -0.05) is 35.3 Å². The first kappa shape index (κ1) is 18.4. The van der Waals surface area contributed by atoms with Crippen molar-refractivity contribution in [1.82, 2.24) is 5.32 Å². The van der Waals surface area contributed by atoms with Gasteiger partial charge >= 0.3 is 0 Å². The molecule has 0 radical (unpaired) electrons. The number of carbonyl (C=O) groups is 1. The van der Waals surface area contributed by atoms with Crippen molar-refractivity contribution in [3.8, 4) is 11.5 Å². The van der Waals surface area contributed by atoms with Crippen LogP contribution in [0, 0.1) is 0 Å². The smallest absolute Gasteiger partial charge is 0.260 e. The molecule has 0 fully saturated rings. The van der Waals surface area contributed by atoms with Crippen LogP contribution in [-0.2, 0) is 11.2 Å². The van der Waals surface area contributed by atoms with Gasteiger partial charge in [-0.05, 0) is 49.2 Å². The maximum atomic E-state index is 12.1. The zero-order valence-electron chi connectivity index (χ0n) is 13.5. The molecule has 1 amide bonds. The molecule has 24 heavy (non-hydrogen) atoms. The minimum atomic E-state index is -0.643. The molecular formula is C18H19Cl2NO3. The summed E-state index contributed by atoms with van der Waals surface area (Å²) >= 11 is 11.8. The number of ether oxygens (including phenoxy) is 2. The standard InChI is InChI=1S/C18H19Cl2NO3/c1-12(24-17-10-14(19)9-15(20)11-17)18(22)21-8-7-13-3-5-16(23-2)6-4-13/h3-6,9-12H,7-8H2,1-2H3,(H,21,22). The third kappa shape index (κ3) is 5.62. The van der Waals surface area contributed by atoms with E-state index in [2.05, 4.69) is 5.32 Å². The fourth-order valence-electron chi connectivity index (χ4n) is 2.12. The third-order valence-electron chi connectivity index (χ3n) is 3.39. The Balaban J connectivity index is 1.80. The summed E-state index contributed by atoms with van der Waals surface area (Å²) in [4.78, 5) is 12.1. The van der Waals surface area contributed by atoms with Crippen molar-refractivity contribution in [3.05, 3.63) is 58.1 Å². The molecule has 2 aromatic rings. The molecule has 0 saturated carbocycles. The van der Waals surface area contributed by atoms with E-state index in [9.17, 15) is 4.79 Å². The van der Waals surface area contributed by atoms with Crippen LogP contribution in [0.5, 0.6) is 11.5 Å². The van der Waals surface area contributed by atoms with Crippen LogP contribution in [0.25, 0.3) is 0 Å². The molecule has 0 aromatic heterocycles. The van der Waals surface area contributed by atoms with Gasteiger partial charge in [-0.2, -0.15) is 0 Å². The minimum absolute atomic E-state index is 0.195. The number of methoxy groups -OCH3 is 1. The van der Waals surface area contributed by atoms with Gasteiger partial charge in [-0.3, -0.25) is 4.79 Å². The van der Waals surface area contributed by atoms with Gasteiger partial charge in [-0.15, -0.1) is 0 Å². The van der Waals surface area contributed by atoms with Crippen molar-refractivity contribution in [1.29, 1.82) is 0 Å². The van der Waals surface area contributed by atoms with E-state index < -0.39 is 6.10 Å². The van der Waals surface area contributed by atoms with E-state index in [4.69, 9.17) is 32.7 Å². The van der Waals surface area contributed by atoms with E-state index in [1.807, 2.05) is 24.3 Å². The molecule has 0 spiro atoms. The van der Waals surface area contributed by atoms with Crippen LogP contribution in [0.2, 0.25) is 10.0 Å². The Morgan fingerprint density at radius 2 is 1.71 bits per heavy atom. The lowest BCUT2D eigenvalue weighted by Crippen LogP contribution is -2.37. The van der Waals surface area contributed by atoms with Crippen LogP contribution in [0.15, 0.2) is 42.5 Å². The Labute approximate surface area is 151 Å². The molecule has 0 aliphatic carbocycles. The van der Waals surface area contributed by atoms with Crippen LogP contribution in [0.3, 0.4) is 0 Å². The molecule has 2 rings (SSSR count). The first-order chi connectivity index (χ1) is 11.5. The molecule has 0 aliphatic heterocycles. The van der Waals surface area contributed by atoms with Gasteiger partial charge < -0.3 is 14.8 Å². The van der Waals surface area contributed by atoms with E-state index in [1.54, 1.807) is 32.2 Å². The number of hydrogen-bond donors (Lipinski definition) is 1. The van der Waals surface area contributed by atoms with Crippen LogP contribution in [0.4, 0.5) is 0 Å². The summed E-state index contributed by atoms with van der Waals surface area (Å²) in [6, 6.07) is 12.6. The second-order valence-corrected chi connectivity index (χ2v) is 6.13. The number of benzene rings is 2. The molecule has 0 heterocycles. The molecule has 6 heteroatoms. The molecule has 0 saturated heterocycles. The van der Waals surface area contributed by atoms with E-state index in [-0.39, 0.29) is 5.91 Å². The fraction of sp³-hybridized carbons (Fsp3) is 0.278. The Bertz CT molecular complexity index is 669. The predicted octanol–water partition coefficient (Wildman–Crippen LogP) is 4.13. The highest BCUT2D eigenvalue weighted by Crippen LogP contribution is 2.24. The van der Waals surface area contributed by atoms with E-state index in [1.165, 1.54) is 0 Å². The Morgan fingerprint density at radius 1 is 1.08 bits per heavy atom. The Hall–Kier alpha value is -1.91. The van der Waals surface area contributed by atoms with Gasteiger partial charge in [0.2, 0.25) is 0 Å². The number of amides is 1. The van der Waals surface area contributed by atoms with Crippen LogP contribution in [-0.4, -0.2) is 25.7 Å². The van der Waals surface area contributed by atoms with Crippen LogP contribution >= 0.6 is 23.2 Å². The quantitative estimate of drug-likeness (QED) is 0.800. The summed E-state index contributed by atoms with van der Waals surface area (Å²) < 4.78 is 10.7. The second-order valence-electron chi connectivity index (χ2n) is 5.25. The maximum Gasteiger partial charge on any atom is 0.260 e. The summed E-state index contributed by atoms with van der Waals surface area (Å²) in [5.41, 5.74) is 1.12. The van der Waals surface area contributed by atoms with Gasteiger partial charge in [0, 0.05) is 16.6 Å². The molecule has 4 nitrogen and oxygen atoms in total. The number of rotatable bonds is 7. The van der Waals surface area contributed by atoms with Gasteiger partial charge in [0.25, 0.3) is 5.91 Å². The Kier molecular flexibility index (Phi) is 6.76. The first-order valence-electron chi connectivity index (χ1n) is 7.51. The summed E-state index contributed by atoms with van der Waals surface area (Å²) in [6.45, 7) is 2.20. The SMILES string of the molecule is COc1ccc(CCNC(=O)C(C)Oc2cc(Cl)cc(Cl)c2)cc1. The minimum Gasteiger partial charge on any atom is -0.497 e. The molecule has 1 unspecified atom stereocenters. The summed E-state index contributed by atoms with van der Waals surface area (Å²) in [6.07, 6.45) is 0.0845. The molecule has 1 atom stereocenters. The van der Waals surface area contributed by atoms with Crippen molar-refractivity contribution in [2.24, 2.45) is 0 Å². The molecule has 128 valence electrons. The van der Waals surface area contributed by atoms with Gasteiger partial charge in [0.1, 0.15) is 11.5 Å². The first-order valence-corrected chi connectivity index (χ1v) is 8.27. The highest BCUT2D eigenvalue weighted by atomic mass is 35.5. The average molecular weight is 368 g/mol. The monoisotopic (exact) mass is 367 g/mol. The number of hydrogen-bond acceptors (Lipinski definition) is 3. The van der Waals surface area contributed by atoms with Crippen molar-refractivity contribution in [2.45, 2.75) is 19.4 Å². The second kappa shape index (κ2) is 8.81. The highest BCUT2D eigenvalue weighted by molar-refractivity contribution is 6.34. The molecular weight excluding hydrogens is 349 g/mol. The summed E-state index contributed by atoms with van der Waals surface area (Å²) in [7, 11) is 1.63. The van der Waals surface area contributed by atoms with Crippen LogP contribution in [0.1, 0.15) is 12.5 Å². The van der Waals surface area contributed by atoms with Gasteiger partial charge in [0.05, 0.1) is 7.11 Å². The highest BCUT2D eigenvalue weighted by Gasteiger charge is 2.14. The predicted molar refractivity (Wildman–Crippen MR) is 96.3 cm³/mol. The molecule has 0 aliphatic rings. The van der Waals surface area contributed by atoms with Crippen molar-refractivity contribution < 1.29 is 14.3 Å². The molecule has 0 bridgehead atoms. The maximum absolute atomic E-state index is 12.1. The number of carbonyl (C=O) groups excluding carboxylic acids is 1. The molecule has 2 aromatic carbocycles.